The second-order valence-electron chi connectivity index (χ2n) is 5.43. The average Bonchev–Trinajstić information content (AvgIpc) is 2.67. The lowest BCUT2D eigenvalue weighted by Crippen LogP contribution is -2.22. The maximum atomic E-state index is 10.6. The van der Waals surface area contributed by atoms with Crippen LogP contribution in [0.2, 0.25) is 0 Å². The van der Waals surface area contributed by atoms with Gasteiger partial charge in [0.15, 0.2) is 11.5 Å². The van der Waals surface area contributed by atoms with Gasteiger partial charge in [0.1, 0.15) is 5.75 Å². The first kappa shape index (κ1) is 19.3. The zero-order valence-electron chi connectivity index (χ0n) is 15.1. The molecule has 0 unspecified atom stereocenters. The summed E-state index contributed by atoms with van der Waals surface area (Å²) in [6.45, 7) is 1.98. The minimum absolute atomic E-state index is 0.0780. The first-order valence-corrected chi connectivity index (χ1v) is 8.07. The highest BCUT2D eigenvalue weighted by Crippen LogP contribution is 2.34. The number of methoxy groups -OCH3 is 3. The first-order chi connectivity index (χ1) is 12.6. The van der Waals surface area contributed by atoms with E-state index in [2.05, 4.69) is 10.6 Å². The van der Waals surface area contributed by atoms with E-state index in [-0.39, 0.29) is 5.69 Å². The Labute approximate surface area is 152 Å². The van der Waals surface area contributed by atoms with E-state index in [9.17, 15) is 10.1 Å². The molecule has 0 saturated heterocycles. The monoisotopic (exact) mass is 361 g/mol. The summed E-state index contributed by atoms with van der Waals surface area (Å²) >= 11 is 0. The van der Waals surface area contributed by atoms with Crippen molar-refractivity contribution in [2.24, 2.45) is 0 Å². The molecule has 0 bridgehead atoms. The molecule has 26 heavy (non-hydrogen) atoms. The van der Waals surface area contributed by atoms with Gasteiger partial charge in [-0.25, -0.2) is 0 Å². The van der Waals surface area contributed by atoms with Crippen molar-refractivity contribution in [1.82, 2.24) is 5.32 Å². The molecule has 2 rings (SSSR count). The molecule has 0 aromatic heterocycles. The molecular formula is C18H23N3O5. The molecule has 0 aliphatic rings. The molecule has 0 aliphatic carbocycles. The van der Waals surface area contributed by atoms with Gasteiger partial charge in [-0.3, -0.25) is 10.1 Å². The van der Waals surface area contributed by atoms with Crippen LogP contribution >= 0.6 is 0 Å². The molecule has 2 aromatic rings. The lowest BCUT2D eigenvalue weighted by atomic mass is 10.1. The zero-order chi connectivity index (χ0) is 18.9. The van der Waals surface area contributed by atoms with Crippen molar-refractivity contribution in [2.75, 3.05) is 39.7 Å². The van der Waals surface area contributed by atoms with Gasteiger partial charge in [-0.1, -0.05) is 0 Å². The molecule has 0 aliphatic heterocycles. The highest BCUT2D eigenvalue weighted by molar-refractivity contribution is 5.51. The summed E-state index contributed by atoms with van der Waals surface area (Å²) in [5.41, 5.74) is 1.87. The molecular weight excluding hydrogens is 338 g/mol. The number of nitrogens with one attached hydrogen (secondary N) is 2. The Morgan fingerprint density at radius 3 is 2.12 bits per heavy atom. The zero-order valence-corrected chi connectivity index (χ0v) is 15.1. The molecule has 0 radical (unpaired) electrons. The van der Waals surface area contributed by atoms with Crippen LogP contribution < -0.4 is 24.8 Å². The molecule has 0 heterocycles. The molecule has 0 atom stereocenters. The largest absolute Gasteiger partial charge is 0.496 e. The second kappa shape index (κ2) is 9.47. The Bertz CT molecular complexity index is 734. The van der Waals surface area contributed by atoms with Gasteiger partial charge < -0.3 is 24.8 Å². The lowest BCUT2D eigenvalue weighted by molar-refractivity contribution is -0.384. The van der Waals surface area contributed by atoms with Crippen molar-refractivity contribution in [3.8, 4) is 17.2 Å². The fourth-order valence-electron chi connectivity index (χ4n) is 2.45. The molecule has 8 nitrogen and oxygen atoms in total. The molecule has 2 aromatic carbocycles. The predicted octanol–water partition coefficient (Wildman–Crippen LogP) is 2.82. The summed E-state index contributed by atoms with van der Waals surface area (Å²) in [5.74, 6) is 1.99. The normalized spacial score (nSPS) is 10.3. The molecule has 2 N–H and O–H groups in total. The number of nitrogens with zero attached hydrogens (tertiary/aromatic N) is 1. The maximum Gasteiger partial charge on any atom is 0.269 e. The van der Waals surface area contributed by atoms with E-state index >= 15 is 0 Å². The highest BCUT2D eigenvalue weighted by Gasteiger charge is 2.11. The minimum atomic E-state index is -0.415. The maximum absolute atomic E-state index is 10.6. The molecule has 8 heteroatoms. The van der Waals surface area contributed by atoms with Crippen LogP contribution in [-0.2, 0) is 6.54 Å². The number of hydrogen-bond acceptors (Lipinski definition) is 7. The van der Waals surface area contributed by atoms with Gasteiger partial charge in [0, 0.05) is 49.1 Å². The van der Waals surface area contributed by atoms with E-state index in [1.54, 1.807) is 39.5 Å². The molecule has 0 fully saturated rings. The van der Waals surface area contributed by atoms with E-state index in [1.807, 2.05) is 6.07 Å². The smallest absolute Gasteiger partial charge is 0.269 e. The Hall–Kier alpha value is -3.00. The van der Waals surface area contributed by atoms with Gasteiger partial charge >= 0.3 is 0 Å². The third-order valence-electron chi connectivity index (χ3n) is 3.81. The van der Waals surface area contributed by atoms with Crippen LogP contribution in [0.25, 0.3) is 0 Å². The Morgan fingerprint density at radius 2 is 1.54 bits per heavy atom. The summed E-state index contributed by atoms with van der Waals surface area (Å²) in [6.07, 6.45) is 0. The summed E-state index contributed by atoms with van der Waals surface area (Å²) in [4.78, 5) is 10.2. The van der Waals surface area contributed by atoms with E-state index in [4.69, 9.17) is 14.2 Å². The third kappa shape index (κ3) is 5.00. The van der Waals surface area contributed by atoms with Crippen LogP contribution in [-0.4, -0.2) is 39.3 Å². The van der Waals surface area contributed by atoms with E-state index in [1.165, 1.54) is 12.1 Å². The van der Waals surface area contributed by atoms with Crippen molar-refractivity contribution < 1.29 is 19.1 Å². The van der Waals surface area contributed by atoms with E-state index in [0.717, 1.165) is 17.0 Å². The predicted molar refractivity (Wildman–Crippen MR) is 99.4 cm³/mol. The van der Waals surface area contributed by atoms with Crippen LogP contribution in [0.15, 0.2) is 36.4 Å². The number of hydrogen-bond donors (Lipinski definition) is 2. The Kier molecular flexibility index (Phi) is 7.04. The number of benzene rings is 2. The SMILES string of the molecule is COc1cc(OC)c(OC)cc1CNCCNc1ccc([N+](=O)[O-])cc1. The lowest BCUT2D eigenvalue weighted by Gasteiger charge is -2.15. The van der Waals surface area contributed by atoms with Crippen molar-refractivity contribution in [3.05, 3.63) is 52.1 Å². The third-order valence-corrected chi connectivity index (χ3v) is 3.81. The number of ether oxygens (including phenoxy) is 3. The molecule has 0 saturated carbocycles. The molecule has 0 spiro atoms. The van der Waals surface area contributed by atoms with Crippen molar-refractivity contribution in [1.29, 1.82) is 0 Å². The van der Waals surface area contributed by atoms with Gasteiger partial charge in [-0.05, 0) is 18.2 Å². The minimum Gasteiger partial charge on any atom is -0.496 e. The standard InChI is InChI=1S/C18H23N3O5/c1-24-16-11-18(26-3)17(25-2)10-13(16)12-19-8-9-20-14-4-6-15(7-5-14)21(22)23/h4-7,10-11,19-20H,8-9,12H2,1-3H3. The first-order valence-electron chi connectivity index (χ1n) is 8.07. The fourth-order valence-corrected chi connectivity index (χ4v) is 2.45. The number of non-ortho nitro benzene ring substituents is 1. The van der Waals surface area contributed by atoms with E-state index in [0.29, 0.717) is 31.1 Å². The van der Waals surface area contributed by atoms with Crippen LogP contribution in [0, 0.1) is 10.1 Å². The van der Waals surface area contributed by atoms with E-state index < -0.39 is 4.92 Å². The van der Waals surface area contributed by atoms with Crippen molar-refractivity contribution >= 4 is 11.4 Å². The number of nitro groups is 1. The molecule has 140 valence electrons. The van der Waals surface area contributed by atoms with Gasteiger partial charge in [-0.15, -0.1) is 0 Å². The van der Waals surface area contributed by atoms with Gasteiger partial charge in [0.05, 0.1) is 26.3 Å². The topological polar surface area (TPSA) is 94.9 Å². The quantitative estimate of drug-likeness (QED) is 0.382. The average molecular weight is 361 g/mol. The number of rotatable bonds is 10. The number of nitro benzene ring substituents is 1. The van der Waals surface area contributed by atoms with Crippen LogP contribution in [0.1, 0.15) is 5.56 Å². The summed E-state index contributed by atoms with van der Waals surface area (Å²) in [5, 5.41) is 17.2. The van der Waals surface area contributed by atoms with Crippen LogP contribution in [0.5, 0.6) is 17.2 Å². The summed E-state index contributed by atoms with van der Waals surface area (Å²) < 4.78 is 16.0. The van der Waals surface area contributed by atoms with Gasteiger partial charge in [0.25, 0.3) is 5.69 Å². The fraction of sp³-hybridized carbons (Fsp3) is 0.333. The summed E-state index contributed by atoms with van der Waals surface area (Å²) in [6, 6.07) is 10.0. The van der Waals surface area contributed by atoms with Crippen LogP contribution in [0.3, 0.4) is 0 Å². The van der Waals surface area contributed by atoms with Gasteiger partial charge in [0.2, 0.25) is 0 Å². The van der Waals surface area contributed by atoms with Crippen LogP contribution in [0.4, 0.5) is 11.4 Å². The summed E-state index contributed by atoms with van der Waals surface area (Å²) in [7, 11) is 4.79. The van der Waals surface area contributed by atoms with Gasteiger partial charge in [-0.2, -0.15) is 0 Å². The van der Waals surface area contributed by atoms with Crippen molar-refractivity contribution in [2.45, 2.75) is 6.54 Å². The highest BCUT2D eigenvalue weighted by atomic mass is 16.6. The number of anilines is 1. The second-order valence-corrected chi connectivity index (χ2v) is 5.43. The molecule has 0 amide bonds. The Balaban J connectivity index is 1.84. The van der Waals surface area contributed by atoms with Crippen molar-refractivity contribution in [3.63, 3.8) is 0 Å². The Morgan fingerprint density at radius 1 is 0.923 bits per heavy atom.